The fourth-order valence-electron chi connectivity index (χ4n) is 4.71. The minimum absolute atomic E-state index is 0.0183. The van der Waals surface area contributed by atoms with Gasteiger partial charge in [0.1, 0.15) is 12.6 Å². The molecule has 0 unspecified atom stereocenters. The fraction of sp³-hybridized carbons (Fsp3) is 0.367. The minimum atomic E-state index is -0.959. The number of hydrogen-bond acceptors (Lipinski definition) is 6. The van der Waals surface area contributed by atoms with Gasteiger partial charge in [-0.3, -0.25) is 14.4 Å². The van der Waals surface area contributed by atoms with Crippen LogP contribution in [0.3, 0.4) is 0 Å². The second-order valence-electron chi connectivity index (χ2n) is 9.62. The number of hydrogen-bond donors (Lipinski definition) is 2. The number of carbonyl (C=O) groups excluding carboxylic acids is 3. The molecular formula is C30H36N4O5. The van der Waals surface area contributed by atoms with E-state index in [1.807, 2.05) is 61.5 Å². The first kappa shape index (κ1) is 28.2. The lowest BCUT2D eigenvalue weighted by Gasteiger charge is -2.27. The lowest BCUT2D eigenvalue weighted by molar-refractivity contribution is -0.129. The Balaban J connectivity index is 1.77. The summed E-state index contributed by atoms with van der Waals surface area (Å²) in [6.07, 6.45) is 0. The number of ether oxygens (including phenoxy) is 2. The molecule has 0 fully saturated rings. The average Bonchev–Trinajstić information content (AvgIpc) is 3.06. The second kappa shape index (κ2) is 12.8. The predicted octanol–water partition coefficient (Wildman–Crippen LogP) is 2.78. The van der Waals surface area contributed by atoms with Crippen molar-refractivity contribution in [3.63, 3.8) is 0 Å². The van der Waals surface area contributed by atoms with E-state index < -0.39 is 12.1 Å². The quantitative estimate of drug-likeness (QED) is 0.390. The number of carbonyl (C=O) groups is 3. The summed E-state index contributed by atoms with van der Waals surface area (Å²) < 4.78 is 10.5. The number of anilines is 2. The molecule has 3 aromatic rings. The number of rotatable bonds is 10. The van der Waals surface area contributed by atoms with Gasteiger partial charge in [-0.1, -0.05) is 48.5 Å². The van der Waals surface area contributed by atoms with E-state index in [0.29, 0.717) is 18.0 Å². The van der Waals surface area contributed by atoms with E-state index in [-0.39, 0.29) is 44.0 Å². The average molecular weight is 533 g/mol. The van der Waals surface area contributed by atoms with E-state index in [0.717, 1.165) is 21.9 Å². The molecule has 0 saturated heterocycles. The van der Waals surface area contributed by atoms with Gasteiger partial charge in [0.15, 0.2) is 0 Å². The standard InChI is InChI=1S/C30H36N4O5/c1-20-13-14-22-9-5-6-10-23(22)24(20)17-34-27-12-8-7-11-26(27)33(28(35)19-39-16-15-38-4)18-25(30(34)37)32-29(36)21(2)31-3/h5-14,21,25,31H,15-19H2,1-4H3,(H,32,36)/t21-,25-/m0/s1. The molecule has 206 valence electrons. The summed E-state index contributed by atoms with van der Waals surface area (Å²) >= 11 is 0. The molecule has 1 aliphatic rings. The Kier molecular flexibility index (Phi) is 9.29. The fourth-order valence-corrected chi connectivity index (χ4v) is 4.71. The number of amides is 3. The van der Waals surface area contributed by atoms with E-state index in [4.69, 9.17) is 9.47 Å². The van der Waals surface area contributed by atoms with Crippen molar-refractivity contribution >= 4 is 39.9 Å². The van der Waals surface area contributed by atoms with Crippen LogP contribution < -0.4 is 20.4 Å². The molecule has 2 atom stereocenters. The van der Waals surface area contributed by atoms with Crippen molar-refractivity contribution in [1.29, 1.82) is 0 Å². The summed E-state index contributed by atoms with van der Waals surface area (Å²) in [6, 6.07) is 18.0. The summed E-state index contributed by atoms with van der Waals surface area (Å²) in [5, 5.41) is 7.91. The number of fused-ring (bicyclic) bond motifs is 2. The number of methoxy groups -OCH3 is 1. The normalized spacial score (nSPS) is 16.1. The van der Waals surface area contributed by atoms with Crippen molar-refractivity contribution in [1.82, 2.24) is 10.6 Å². The first-order valence-corrected chi connectivity index (χ1v) is 13.1. The van der Waals surface area contributed by atoms with Gasteiger partial charge >= 0.3 is 0 Å². The van der Waals surface area contributed by atoms with Crippen LogP contribution in [0, 0.1) is 6.92 Å². The van der Waals surface area contributed by atoms with Gasteiger partial charge in [0.2, 0.25) is 5.91 Å². The van der Waals surface area contributed by atoms with Crippen LogP contribution in [0.1, 0.15) is 18.1 Å². The molecule has 3 aromatic carbocycles. The number of nitrogens with zero attached hydrogens (tertiary/aromatic N) is 2. The highest BCUT2D eigenvalue weighted by molar-refractivity contribution is 6.08. The van der Waals surface area contributed by atoms with Crippen molar-refractivity contribution in [2.75, 3.05) is 50.3 Å². The van der Waals surface area contributed by atoms with Crippen LogP contribution in [-0.4, -0.2) is 70.3 Å². The van der Waals surface area contributed by atoms with E-state index in [9.17, 15) is 14.4 Å². The van der Waals surface area contributed by atoms with Crippen molar-refractivity contribution in [3.05, 3.63) is 71.8 Å². The monoisotopic (exact) mass is 532 g/mol. The van der Waals surface area contributed by atoms with Crippen LogP contribution in [0.4, 0.5) is 11.4 Å². The SMILES string of the molecule is CN[C@@H](C)C(=O)N[C@H]1CN(C(=O)COCCOC)c2ccccc2N(Cc2c(C)ccc3ccccc23)C1=O. The number of para-hydroxylation sites is 2. The van der Waals surface area contributed by atoms with Crippen LogP contribution in [-0.2, 0) is 30.4 Å². The Morgan fingerprint density at radius 2 is 1.74 bits per heavy atom. The Hall–Kier alpha value is -3.79. The molecule has 0 saturated carbocycles. The predicted molar refractivity (Wildman–Crippen MR) is 152 cm³/mol. The van der Waals surface area contributed by atoms with E-state index in [1.54, 1.807) is 26.0 Å². The van der Waals surface area contributed by atoms with Gasteiger partial charge < -0.3 is 29.9 Å². The molecule has 1 heterocycles. The molecule has 0 aliphatic carbocycles. The third kappa shape index (κ3) is 6.27. The summed E-state index contributed by atoms with van der Waals surface area (Å²) in [4.78, 5) is 43.7. The van der Waals surface area contributed by atoms with Gasteiger partial charge in [-0.05, 0) is 54.9 Å². The van der Waals surface area contributed by atoms with Crippen molar-refractivity contribution < 1.29 is 23.9 Å². The minimum Gasteiger partial charge on any atom is -0.382 e. The van der Waals surface area contributed by atoms with Crippen LogP contribution in [0.2, 0.25) is 0 Å². The third-order valence-corrected chi connectivity index (χ3v) is 7.08. The molecule has 1 aliphatic heterocycles. The van der Waals surface area contributed by atoms with Gasteiger partial charge in [-0.15, -0.1) is 0 Å². The molecule has 3 amide bonds. The molecule has 4 rings (SSSR count). The summed E-state index contributed by atoms with van der Waals surface area (Å²) in [7, 11) is 3.24. The van der Waals surface area contributed by atoms with Gasteiger partial charge in [0, 0.05) is 7.11 Å². The van der Waals surface area contributed by atoms with Crippen LogP contribution in [0.5, 0.6) is 0 Å². The summed E-state index contributed by atoms with van der Waals surface area (Å²) in [5.41, 5.74) is 3.24. The van der Waals surface area contributed by atoms with E-state index in [1.165, 1.54) is 4.90 Å². The highest BCUT2D eigenvalue weighted by atomic mass is 16.5. The highest BCUT2D eigenvalue weighted by Crippen LogP contribution is 2.35. The van der Waals surface area contributed by atoms with Gasteiger partial charge in [0.25, 0.3) is 11.8 Å². The van der Waals surface area contributed by atoms with Crippen LogP contribution in [0.25, 0.3) is 10.8 Å². The van der Waals surface area contributed by atoms with Gasteiger partial charge in [-0.25, -0.2) is 0 Å². The maximum Gasteiger partial charge on any atom is 0.253 e. The topological polar surface area (TPSA) is 100 Å². The Bertz CT molecular complexity index is 1340. The van der Waals surface area contributed by atoms with Crippen LogP contribution >= 0.6 is 0 Å². The lowest BCUT2D eigenvalue weighted by Crippen LogP contribution is -2.56. The third-order valence-electron chi connectivity index (χ3n) is 7.08. The highest BCUT2D eigenvalue weighted by Gasteiger charge is 2.37. The lowest BCUT2D eigenvalue weighted by atomic mass is 9.99. The smallest absolute Gasteiger partial charge is 0.253 e. The molecule has 9 nitrogen and oxygen atoms in total. The number of nitrogens with one attached hydrogen (secondary N) is 2. The van der Waals surface area contributed by atoms with Gasteiger partial charge in [0.05, 0.1) is 43.7 Å². The number of likely N-dealkylation sites (N-methyl/N-ethyl adjacent to an activating group) is 1. The molecule has 0 aromatic heterocycles. The maximum absolute atomic E-state index is 14.2. The van der Waals surface area contributed by atoms with Crippen molar-refractivity contribution in [3.8, 4) is 0 Å². The summed E-state index contributed by atoms with van der Waals surface area (Å²) in [5.74, 6) is -0.927. The zero-order chi connectivity index (χ0) is 27.9. The van der Waals surface area contributed by atoms with Gasteiger partial charge in [-0.2, -0.15) is 0 Å². The van der Waals surface area contributed by atoms with E-state index in [2.05, 4.69) is 16.7 Å². The summed E-state index contributed by atoms with van der Waals surface area (Å²) in [6.45, 7) is 4.46. The van der Waals surface area contributed by atoms with E-state index >= 15 is 0 Å². The molecule has 39 heavy (non-hydrogen) atoms. The number of aryl methyl sites for hydroxylation is 1. The van der Waals surface area contributed by atoms with Crippen LogP contribution in [0.15, 0.2) is 60.7 Å². The van der Waals surface area contributed by atoms with Crippen molar-refractivity contribution in [2.24, 2.45) is 0 Å². The van der Waals surface area contributed by atoms with Crippen molar-refractivity contribution in [2.45, 2.75) is 32.5 Å². The Morgan fingerprint density at radius 1 is 1.03 bits per heavy atom. The zero-order valence-corrected chi connectivity index (χ0v) is 22.9. The molecule has 2 N–H and O–H groups in total. The Morgan fingerprint density at radius 3 is 2.49 bits per heavy atom. The number of benzene rings is 3. The molecule has 0 bridgehead atoms. The first-order chi connectivity index (χ1) is 18.8. The largest absolute Gasteiger partial charge is 0.382 e. The maximum atomic E-state index is 14.2. The molecular weight excluding hydrogens is 496 g/mol. The molecule has 9 heteroatoms. The molecule has 0 radical (unpaired) electrons. The zero-order valence-electron chi connectivity index (χ0n) is 22.9. The second-order valence-corrected chi connectivity index (χ2v) is 9.62. The first-order valence-electron chi connectivity index (χ1n) is 13.1. The Labute approximate surface area is 229 Å². The molecule has 0 spiro atoms.